The smallest absolute Gasteiger partial charge is 0.0233 e. The maximum atomic E-state index is 2.34. The quantitative estimate of drug-likeness (QED) is 0.313. The molecule has 0 atom stereocenters. The van der Waals surface area contributed by atoms with Crippen molar-refractivity contribution in [3.63, 3.8) is 0 Å². The standard InChI is InChI=1S/C29H31N/c1-4-5-9-22-14-16-23(17-15-22)28-13-8-11-24-20-25(18-19-29(24)28)27-12-7-6-10-26(27)21-30(2)3/h6-8,10-20H,4-5,9,21H2,1-3H3. The van der Waals surface area contributed by atoms with Gasteiger partial charge in [-0.3, -0.25) is 0 Å². The number of rotatable bonds is 7. The molecule has 0 aromatic heterocycles. The Morgan fingerprint density at radius 2 is 1.43 bits per heavy atom. The summed E-state index contributed by atoms with van der Waals surface area (Å²) in [7, 11) is 4.24. The highest BCUT2D eigenvalue weighted by atomic mass is 15.0. The van der Waals surface area contributed by atoms with E-state index in [-0.39, 0.29) is 0 Å². The van der Waals surface area contributed by atoms with Gasteiger partial charge in [0.15, 0.2) is 0 Å². The summed E-state index contributed by atoms with van der Waals surface area (Å²) < 4.78 is 0. The minimum absolute atomic E-state index is 0.943. The second-order valence-electron chi connectivity index (χ2n) is 8.44. The fourth-order valence-corrected chi connectivity index (χ4v) is 4.22. The number of nitrogens with zero attached hydrogens (tertiary/aromatic N) is 1. The van der Waals surface area contributed by atoms with Crippen LogP contribution in [0.5, 0.6) is 0 Å². The average molecular weight is 394 g/mol. The van der Waals surface area contributed by atoms with Crippen molar-refractivity contribution >= 4 is 10.8 Å². The van der Waals surface area contributed by atoms with Crippen molar-refractivity contribution in [1.82, 2.24) is 4.90 Å². The van der Waals surface area contributed by atoms with E-state index in [1.165, 1.54) is 63.4 Å². The van der Waals surface area contributed by atoms with Crippen LogP contribution >= 0.6 is 0 Å². The highest BCUT2D eigenvalue weighted by molar-refractivity contribution is 5.98. The van der Waals surface area contributed by atoms with E-state index in [1.807, 2.05) is 0 Å². The van der Waals surface area contributed by atoms with Crippen LogP contribution in [-0.4, -0.2) is 19.0 Å². The van der Waals surface area contributed by atoms with E-state index in [0.29, 0.717) is 0 Å². The maximum Gasteiger partial charge on any atom is 0.0233 e. The van der Waals surface area contributed by atoms with E-state index in [9.17, 15) is 0 Å². The van der Waals surface area contributed by atoms with Crippen molar-refractivity contribution in [1.29, 1.82) is 0 Å². The van der Waals surface area contributed by atoms with Crippen LogP contribution in [0.25, 0.3) is 33.0 Å². The zero-order chi connectivity index (χ0) is 20.9. The molecule has 4 aromatic carbocycles. The Hall–Kier alpha value is -2.90. The lowest BCUT2D eigenvalue weighted by Crippen LogP contribution is -2.11. The van der Waals surface area contributed by atoms with Gasteiger partial charge in [0.2, 0.25) is 0 Å². The third kappa shape index (κ3) is 4.47. The summed E-state index contributed by atoms with van der Waals surface area (Å²) in [5.74, 6) is 0. The second-order valence-corrected chi connectivity index (χ2v) is 8.44. The molecule has 1 nitrogen and oxygen atoms in total. The van der Waals surface area contributed by atoms with E-state index in [2.05, 4.69) is 111 Å². The van der Waals surface area contributed by atoms with Crippen LogP contribution in [-0.2, 0) is 13.0 Å². The van der Waals surface area contributed by atoms with Gasteiger partial charge < -0.3 is 4.90 Å². The van der Waals surface area contributed by atoms with E-state index in [0.717, 1.165) is 6.54 Å². The molecule has 0 amide bonds. The summed E-state index contributed by atoms with van der Waals surface area (Å²) in [6.45, 7) is 3.19. The Morgan fingerprint density at radius 1 is 0.700 bits per heavy atom. The van der Waals surface area contributed by atoms with Gasteiger partial charge in [0.25, 0.3) is 0 Å². The van der Waals surface area contributed by atoms with Gasteiger partial charge in [0, 0.05) is 6.54 Å². The molecule has 0 aliphatic carbocycles. The monoisotopic (exact) mass is 393 g/mol. The van der Waals surface area contributed by atoms with Crippen molar-refractivity contribution in [2.45, 2.75) is 32.7 Å². The first-order valence-corrected chi connectivity index (χ1v) is 11.0. The molecule has 0 saturated heterocycles. The molecule has 0 radical (unpaired) electrons. The van der Waals surface area contributed by atoms with Gasteiger partial charge >= 0.3 is 0 Å². The van der Waals surface area contributed by atoms with Gasteiger partial charge in [-0.25, -0.2) is 0 Å². The SMILES string of the molecule is CCCCc1ccc(-c2cccc3cc(-c4ccccc4CN(C)C)ccc23)cc1. The third-order valence-corrected chi connectivity index (χ3v) is 5.78. The fraction of sp³-hybridized carbons (Fsp3) is 0.241. The lowest BCUT2D eigenvalue weighted by molar-refractivity contribution is 0.403. The van der Waals surface area contributed by atoms with Gasteiger partial charge in [0.1, 0.15) is 0 Å². The number of fused-ring (bicyclic) bond motifs is 1. The fourth-order valence-electron chi connectivity index (χ4n) is 4.22. The highest BCUT2D eigenvalue weighted by Gasteiger charge is 2.09. The van der Waals surface area contributed by atoms with Crippen LogP contribution in [0.4, 0.5) is 0 Å². The second kappa shape index (κ2) is 9.28. The summed E-state index contributed by atoms with van der Waals surface area (Å²) in [4.78, 5) is 2.22. The van der Waals surface area contributed by atoms with E-state index < -0.39 is 0 Å². The molecule has 0 unspecified atom stereocenters. The molecule has 0 fully saturated rings. The Balaban J connectivity index is 1.71. The minimum atomic E-state index is 0.943. The van der Waals surface area contributed by atoms with Crippen LogP contribution in [0.1, 0.15) is 30.9 Å². The van der Waals surface area contributed by atoms with Crippen molar-refractivity contribution in [2.24, 2.45) is 0 Å². The zero-order valence-corrected chi connectivity index (χ0v) is 18.4. The number of aryl methyl sites for hydroxylation is 1. The largest absolute Gasteiger partial charge is 0.305 e. The molecule has 0 N–H and O–H groups in total. The Bertz CT molecular complexity index is 1120. The average Bonchev–Trinajstić information content (AvgIpc) is 2.77. The van der Waals surface area contributed by atoms with Crippen molar-refractivity contribution in [2.75, 3.05) is 14.1 Å². The Labute approximate surface area is 181 Å². The molecule has 1 heteroatoms. The van der Waals surface area contributed by atoms with Gasteiger partial charge in [-0.05, 0) is 77.2 Å². The molecule has 0 aliphatic heterocycles. The maximum absolute atomic E-state index is 2.34. The molecule has 4 aromatic rings. The minimum Gasteiger partial charge on any atom is -0.305 e. The molecule has 152 valence electrons. The predicted octanol–water partition coefficient (Wildman–Crippen LogP) is 7.58. The van der Waals surface area contributed by atoms with Crippen molar-refractivity contribution in [3.8, 4) is 22.3 Å². The van der Waals surface area contributed by atoms with Gasteiger partial charge in [0.05, 0.1) is 0 Å². The third-order valence-electron chi connectivity index (χ3n) is 5.78. The Morgan fingerprint density at radius 3 is 2.20 bits per heavy atom. The predicted molar refractivity (Wildman–Crippen MR) is 131 cm³/mol. The number of hydrogen-bond acceptors (Lipinski definition) is 1. The molecular formula is C29H31N. The molecule has 0 aliphatic rings. The summed E-state index contributed by atoms with van der Waals surface area (Å²) in [6.07, 6.45) is 3.67. The first kappa shape index (κ1) is 20.4. The number of benzene rings is 4. The zero-order valence-electron chi connectivity index (χ0n) is 18.4. The van der Waals surface area contributed by atoms with E-state index in [1.54, 1.807) is 0 Å². The van der Waals surface area contributed by atoms with Crippen LogP contribution in [0.3, 0.4) is 0 Å². The van der Waals surface area contributed by atoms with Gasteiger partial charge in [-0.1, -0.05) is 92.2 Å². The number of unbranched alkanes of at least 4 members (excludes halogenated alkanes) is 1. The van der Waals surface area contributed by atoms with Crippen molar-refractivity contribution in [3.05, 3.63) is 96.1 Å². The summed E-state index contributed by atoms with van der Waals surface area (Å²) in [5.41, 5.74) is 8.00. The summed E-state index contributed by atoms with van der Waals surface area (Å²) in [6, 6.07) is 31.4. The number of hydrogen-bond donors (Lipinski definition) is 0. The lowest BCUT2D eigenvalue weighted by atomic mass is 9.93. The Kier molecular flexibility index (Phi) is 6.30. The summed E-state index contributed by atoms with van der Waals surface area (Å²) in [5, 5.41) is 2.60. The molecule has 0 heterocycles. The molecule has 0 bridgehead atoms. The van der Waals surface area contributed by atoms with E-state index >= 15 is 0 Å². The van der Waals surface area contributed by atoms with Crippen LogP contribution in [0.15, 0.2) is 84.9 Å². The topological polar surface area (TPSA) is 3.24 Å². The van der Waals surface area contributed by atoms with Gasteiger partial charge in [-0.15, -0.1) is 0 Å². The molecule has 4 rings (SSSR count). The first-order valence-electron chi connectivity index (χ1n) is 11.0. The molecule has 30 heavy (non-hydrogen) atoms. The summed E-state index contributed by atoms with van der Waals surface area (Å²) >= 11 is 0. The van der Waals surface area contributed by atoms with Crippen LogP contribution in [0.2, 0.25) is 0 Å². The normalized spacial score (nSPS) is 11.3. The van der Waals surface area contributed by atoms with Crippen molar-refractivity contribution < 1.29 is 0 Å². The van der Waals surface area contributed by atoms with Gasteiger partial charge in [-0.2, -0.15) is 0 Å². The molecular weight excluding hydrogens is 362 g/mol. The van der Waals surface area contributed by atoms with Crippen LogP contribution in [0, 0.1) is 0 Å². The highest BCUT2D eigenvalue weighted by Crippen LogP contribution is 2.33. The lowest BCUT2D eigenvalue weighted by Gasteiger charge is -2.15. The molecule has 0 saturated carbocycles. The van der Waals surface area contributed by atoms with E-state index in [4.69, 9.17) is 0 Å². The first-order chi connectivity index (χ1) is 14.7. The molecule has 0 spiro atoms. The van der Waals surface area contributed by atoms with Crippen LogP contribution < -0.4 is 0 Å².